The van der Waals surface area contributed by atoms with Gasteiger partial charge in [-0.1, -0.05) is 5.16 Å². The van der Waals surface area contributed by atoms with Gasteiger partial charge >= 0.3 is 0 Å². The molecule has 0 aliphatic carbocycles. The van der Waals surface area contributed by atoms with Crippen molar-refractivity contribution in [1.29, 1.82) is 0 Å². The van der Waals surface area contributed by atoms with Crippen LogP contribution in [-0.2, 0) is 13.0 Å². The average molecular weight is 321 g/mol. The molecule has 0 aliphatic heterocycles. The van der Waals surface area contributed by atoms with Crippen LogP contribution in [0.4, 0.5) is 0 Å². The van der Waals surface area contributed by atoms with Crippen LogP contribution in [0.25, 0.3) is 0 Å². The molecule has 2 N–H and O–H groups in total. The minimum Gasteiger partial charge on any atom is -0.361 e. The molecule has 6 nitrogen and oxygen atoms in total. The van der Waals surface area contributed by atoms with Crippen LogP contribution >= 0.6 is 11.3 Å². The fraction of sp³-hybridized carbons (Fsp3) is 0.533. The molecule has 2 aromatic rings. The summed E-state index contributed by atoms with van der Waals surface area (Å²) in [5, 5.41) is 11.6. The summed E-state index contributed by atoms with van der Waals surface area (Å²) in [5.74, 6) is 1.70. The van der Waals surface area contributed by atoms with Gasteiger partial charge in [0.05, 0.1) is 12.2 Å². The number of rotatable bonds is 6. The van der Waals surface area contributed by atoms with E-state index < -0.39 is 0 Å². The molecule has 22 heavy (non-hydrogen) atoms. The molecule has 0 atom stereocenters. The molecule has 0 aromatic carbocycles. The Bertz CT molecular complexity index is 612. The zero-order valence-electron chi connectivity index (χ0n) is 13.6. The molecule has 0 bridgehead atoms. The number of thiazole rings is 1. The van der Waals surface area contributed by atoms with Gasteiger partial charge < -0.3 is 15.2 Å². The van der Waals surface area contributed by atoms with Gasteiger partial charge in [-0.15, -0.1) is 11.3 Å². The summed E-state index contributed by atoms with van der Waals surface area (Å²) in [4.78, 5) is 10.1. The average Bonchev–Trinajstić information content (AvgIpc) is 3.04. The summed E-state index contributed by atoms with van der Waals surface area (Å²) >= 11 is 1.68. The Balaban J connectivity index is 1.88. The van der Waals surface area contributed by atoms with E-state index in [0.29, 0.717) is 6.54 Å². The molecule has 0 saturated heterocycles. The van der Waals surface area contributed by atoms with Crippen molar-refractivity contribution in [1.82, 2.24) is 20.8 Å². The summed E-state index contributed by atoms with van der Waals surface area (Å²) in [7, 11) is 0. The Morgan fingerprint density at radius 3 is 2.73 bits per heavy atom. The molecule has 0 radical (unpaired) electrons. The van der Waals surface area contributed by atoms with Crippen LogP contribution in [0.3, 0.4) is 0 Å². The Morgan fingerprint density at radius 1 is 1.32 bits per heavy atom. The highest BCUT2D eigenvalue weighted by Crippen LogP contribution is 2.13. The van der Waals surface area contributed by atoms with E-state index in [-0.39, 0.29) is 0 Å². The van der Waals surface area contributed by atoms with Crippen LogP contribution < -0.4 is 10.6 Å². The molecule has 2 aromatic heterocycles. The summed E-state index contributed by atoms with van der Waals surface area (Å²) in [5.41, 5.74) is 2.12. The second kappa shape index (κ2) is 7.93. The van der Waals surface area contributed by atoms with Crippen molar-refractivity contribution in [3.63, 3.8) is 0 Å². The number of guanidine groups is 1. The molecular weight excluding hydrogens is 298 g/mol. The van der Waals surface area contributed by atoms with Gasteiger partial charge in [-0.25, -0.2) is 9.98 Å². The third-order valence-electron chi connectivity index (χ3n) is 3.23. The zero-order chi connectivity index (χ0) is 15.9. The first-order valence-electron chi connectivity index (χ1n) is 7.45. The van der Waals surface area contributed by atoms with E-state index in [1.165, 1.54) is 10.4 Å². The highest BCUT2D eigenvalue weighted by molar-refractivity contribution is 7.11. The Hall–Kier alpha value is -1.89. The zero-order valence-corrected chi connectivity index (χ0v) is 14.4. The second-order valence-corrected chi connectivity index (χ2v) is 6.36. The molecule has 7 heteroatoms. The van der Waals surface area contributed by atoms with Crippen LogP contribution in [0.15, 0.2) is 15.7 Å². The number of aliphatic imine (C=N–C) groups is 1. The second-order valence-electron chi connectivity index (χ2n) is 5.04. The Morgan fingerprint density at radius 2 is 2.14 bits per heavy atom. The normalized spacial score (nSPS) is 11.7. The van der Waals surface area contributed by atoms with E-state index in [1.807, 2.05) is 20.0 Å². The van der Waals surface area contributed by atoms with Crippen LogP contribution in [-0.4, -0.2) is 29.2 Å². The maximum absolute atomic E-state index is 5.18. The molecule has 0 saturated carbocycles. The predicted octanol–water partition coefficient (Wildman–Crippen LogP) is 2.35. The fourth-order valence-corrected chi connectivity index (χ4v) is 2.84. The lowest BCUT2D eigenvalue weighted by Crippen LogP contribution is -2.38. The summed E-state index contributed by atoms with van der Waals surface area (Å²) < 4.78 is 5.18. The molecule has 0 unspecified atom stereocenters. The van der Waals surface area contributed by atoms with E-state index in [4.69, 9.17) is 4.52 Å². The first-order chi connectivity index (χ1) is 10.6. The number of aryl methyl sites for hydroxylation is 3. The van der Waals surface area contributed by atoms with Gasteiger partial charge in [-0.05, 0) is 34.1 Å². The van der Waals surface area contributed by atoms with Crippen LogP contribution in [0.1, 0.15) is 33.8 Å². The molecule has 0 amide bonds. The van der Waals surface area contributed by atoms with E-state index in [9.17, 15) is 0 Å². The third kappa shape index (κ3) is 4.56. The molecular formula is C15H23N5OS. The van der Waals surface area contributed by atoms with Gasteiger partial charge in [0.15, 0.2) is 5.96 Å². The van der Waals surface area contributed by atoms with Crippen molar-refractivity contribution >= 4 is 17.3 Å². The third-order valence-corrected chi connectivity index (χ3v) is 4.13. The lowest BCUT2D eigenvalue weighted by molar-refractivity contribution is 0.392. The maximum atomic E-state index is 5.18. The van der Waals surface area contributed by atoms with Crippen molar-refractivity contribution < 1.29 is 4.52 Å². The molecule has 0 fully saturated rings. The SMILES string of the molecule is CCNC(=NCc1ncc(C)s1)NCCc1c(C)noc1C. The lowest BCUT2D eigenvalue weighted by Gasteiger charge is -2.10. The maximum Gasteiger partial charge on any atom is 0.191 e. The lowest BCUT2D eigenvalue weighted by atomic mass is 10.1. The summed E-state index contributed by atoms with van der Waals surface area (Å²) in [6, 6.07) is 0. The van der Waals surface area contributed by atoms with Gasteiger partial charge in [0.25, 0.3) is 0 Å². The van der Waals surface area contributed by atoms with Gasteiger partial charge in [-0.3, -0.25) is 0 Å². The Kier molecular flexibility index (Phi) is 5.94. The molecule has 2 heterocycles. The fourth-order valence-electron chi connectivity index (χ4n) is 2.13. The van der Waals surface area contributed by atoms with Crippen molar-refractivity contribution in [2.45, 2.75) is 40.7 Å². The van der Waals surface area contributed by atoms with E-state index in [2.05, 4.69) is 39.6 Å². The van der Waals surface area contributed by atoms with Gasteiger partial charge in [-0.2, -0.15) is 0 Å². The van der Waals surface area contributed by atoms with Gasteiger partial charge in [0.2, 0.25) is 0 Å². The van der Waals surface area contributed by atoms with Crippen molar-refractivity contribution in [3.05, 3.63) is 33.1 Å². The van der Waals surface area contributed by atoms with Gasteiger partial charge in [0.1, 0.15) is 10.8 Å². The summed E-state index contributed by atoms with van der Waals surface area (Å²) in [6.45, 7) is 10.2. The first kappa shape index (κ1) is 16.5. The minimum atomic E-state index is 0.596. The summed E-state index contributed by atoms with van der Waals surface area (Å²) in [6.07, 6.45) is 2.75. The quantitative estimate of drug-likeness (QED) is 0.631. The molecule has 120 valence electrons. The minimum absolute atomic E-state index is 0.596. The molecule has 0 spiro atoms. The van der Waals surface area contributed by atoms with Crippen molar-refractivity contribution in [2.24, 2.45) is 4.99 Å². The van der Waals surface area contributed by atoms with E-state index in [0.717, 1.165) is 41.9 Å². The van der Waals surface area contributed by atoms with E-state index in [1.54, 1.807) is 11.3 Å². The molecule has 0 aliphatic rings. The van der Waals surface area contributed by atoms with Gasteiger partial charge in [0, 0.05) is 29.7 Å². The number of aromatic nitrogens is 2. The van der Waals surface area contributed by atoms with Crippen LogP contribution in [0, 0.1) is 20.8 Å². The molecule has 2 rings (SSSR count). The smallest absolute Gasteiger partial charge is 0.191 e. The predicted molar refractivity (Wildman–Crippen MR) is 89.4 cm³/mol. The van der Waals surface area contributed by atoms with Crippen molar-refractivity contribution in [3.8, 4) is 0 Å². The largest absolute Gasteiger partial charge is 0.361 e. The monoisotopic (exact) mass is 321 g/mol. The highest BCUT2D eigenvalue weighted by atomic mass is 32.1. The number of hydrogen-bond acceptors (Lipinski definition) is 5. The van der Waals surface area contributed by atoms with Crippen molar-refractivity contribution in [2.75, 3.05) is 13.1 Å². The van der Waals surface area contributed by atoms with Crippen LogP contribution in [0.5, 0.6) is 0 Å². The first-order valence-corrected chi connectivity index (χ1v) is 8.27. The van der Waals surface area contributed by atoms with Crippen LogP contribution in [0.2, 0.25) is 0 Å². The standard InChI is InChI=1S/C15H23N5OS/c1-5-16-15(19-9-14-18-8-10(2)22-14)17-7-6-13-11(3)20-21-12(13)4/h8H,5-7,9H2,1-4H3,(H2,16,17,19). The topological polar surface area (TPSA) is 75.3 Å². The Labute approximate surface area is 135 Å². The number of nitrogens with one attached hydrogen (secondary N) is 2. The van der Waals surface area contributed by atoms with E-state index >= 15 is 0 Å². The highest BCUT2D eigenvalue weighted by Gasteiger charge is 2.08. The number of hydrogen-bond donors (Lipinski definition) is 2. The number of nitrogens with zero attached hydrogens (tertiary/aromatic N) is 3.